The molecule has 0 aliphatic rings. The normalized spacial score (nSPS) is 11.3. The summed E-state index contributed by atoms with van der Waals surface area (Å²) in [4.78, 5) is 26.5. The number of carboxylic acids is 1. The molecule has 0 aromatic carbocycles. The molecule has 1 aromatic rings. The van der Waals surface area contributed by atoms with Crippen LogP contribution in [0.5, 0.6) is 0 Å². The molecule has 1 aromatic heterocycles. The topological polar surface area (TPSA) is 105 Å². The van der Waals surface area contributed by atoms with Crippen LogP contribution in [0.1, 0.15) is 42.2 Å². The van der Waals surface area contributed by atoms with Crippen molar-refractivity contribution in [2.24, 2.45) is 5.73 Å². The lowest BCUT2D eigenvalue weighted by Crippen LogP contribution is -2.53. The Labute approximate surface area is 116 Å². The second-order valence-corrected chi connectivity index (χ2v) is 5.24. The van der Waals surface area contributed by atoms with E-state index in [-0.39, 0.29) is 11.6 Å². The van der Waals surface area contributed by atoms with Gasteiger partial charge in [0.1, 0.15) is 0 Å². The third kappa shape index (κ3) is 4.00. The minimum Gasteiger partial charge on any atom is -0.476 e. The van der Waals surface area contributed by atoms with E-state index in [9.17, 15) is 9.59 Å². The Morgan fingerprint density at radius 3 is 2.58 bits per heavy atom. The maximum absolute atomic E-state index is 11.9. The van der Waals surface area contributed by atoms with Gasteiger partial charge in [-0.1, -0.05) is 13.8 Å². The van der Waals surface area contributed by atoms with E-state index in [0.29, 0.717) is 30.8 Å². The van der Waals surface area contributed by atoms with Gasteiger partial charge in [0.05, 0.1) is 10.5 Å². The molecule has 0 aliphatic heterocycles. The standard InChI is InChI=1S/C12H19N3O3S/c1-3-12(13,4-2)11(18)14-6-5-9-15-8(7-19-9)10(16)17/h7H,3-6,13H2,1-2H3,(H,14,18)(H,16,17). The summed E-state index contributed by atoms with van der Waals surface area (Å²) in [6.45, 7) is 4.16. The predicted molar refractivity (Wildman–Crippen MR) is 73.3 cm³/mol. The molecule has 0 fully saturated rings. The molecule has 6 nitrogen and oxygen atoms in total. The molecule has 0 spiro atoms. The third-order valence-electron chi connectivity index (χ3n) is 3.11. The van der Waals surface area contributed by atoms with E-state index in [1.165, 1.54) is 16.7 Å². The van der Waals surface area contributed by atoms with E-state index in [0.717, 1.165) is 0 Å². The fourth-order valence-corrected chi connectivity index (χ4v) is 2.33. The highest BCUT2D eigenvalue weighted by Crippen LogP contribution is 2.12. The first-order valence-corrected chi connectivity index (χ1v) is 7.05. The average Bonchev–Trinajstić information content (AvgIpc) is 2.86. The number of hydrogen-bond acceptors (Lipinski definition) is 5. The molecule has 1 rings (SSSR count). The van der Waals surface area contributed by atoms with Crippen LogP contribution in [0.2, 0.25) is 0 Å². The van der Waals surface area contributed by atoms with E-state index in [1.54, 1.807) is 0 Å². The van der Waals surface area contributed by atoms with E-state index >= 15 is 0 Å². The Hall–Kier alpha value is -1.47. The first kappa shape index (κ1) is 15.6. The molecule has 0 radical (unpaired) electrons. The molecule has 0 aliphatic carbocycles. The number of amides is 1. The Balaban J connectivity index is 2.45. The molecular formula is C12H19N3O3S. The van der Waals surface area contributed by atoms with Crippen molar-refractivity contribution in [2.75, 3.05) is 6.54 Å². The minimum absolute atomic E-state index is 0.0432. The van der Waals surface area contributed by atoms with E-state index in [4.69, 9.17) is 10.8 Å². The van der Waals surface area contributed by atoms with E-state index < -0.39 is 11.5 Å². The van der Waals surface area contributed by atoms with Gasteiger partial charge >= 0.3 is 5.97 Å². The summed E-state index contributed by atoms with van der Waals surface area (Å²) in [6.07, 6.45) is 1.67. The second kappa shape index (κ2) is 6.63. The lowest BCUT2D eigenvalue weighted by molar-refractivity contribution is -0.126. The zero-order valence-electron chi connectivity index (χ0n) is 11.1. The lowest BCUT2D eigenvalue weighted by atomic mass is 9.93. The Bertz CT molecular complexity index is 455. The molecule has 4 N–H and O–H groups in total. The zero-order valence-corrected chi connectivity index (χ0v) is 11.9. The van der Waals surface area contributed by atoms with Gasteiger partial charge in [0.2, 0.25) is 5.91 Å². The number of nitrogens with zero attached hydrogens (tertiary/aromatic N) is 1. The van der Waals surface area contributed by atoms with Crippen molar-refractivity contribution in [2.45, 2.75) is 38.6 Å². The zero-order chi connectivity index (χ0) is 14.5. The van der Waals surface area contributed by atoms with Crippen LogP contribution in [0, 0.1) is 0 Å². The van der Waals surface area contributed by atoms with Crippen molar-refractivity contribution in [3.63, 3.8) is 0 Å². The number of carboxylic acid groups (broad SMARTS) is 1. The largest absolute Gasteiger partial charge is 0.476 e. The van der Waals surface area contributed by atoms with Crippen LogP contribution in [0.4, 0.5) is 0 Å². The number of aromatic nitrogens is 1. The maximum Gasteiger partial charge on any atom is 0.355 e. The van der Waals surface area contributed by atoms with Crippen LogP contribution < -0.4 is 11.1 Å². The molecule has 1 heterocycles. The quantitative estimate of drug-likeness (QED) is 0.693. The summed E-state index contributed by atoms with van der Waals surface area (Å²) in [5.74, 6) is -1.21. The Morgan fingerprint density at radius 1 is 1.47 bits per heavy atom. The summed E-state index contributed by atoms with van der Waals surface area (Å²) in [5, 5.41) is 13.7. The highest BCUT2D eigenvalue weighted by molar-refractivity contribution is 7.09. The van der Waals surface area contributed by atoms with Gasteiger partial charge in [-0.15, -0.1) is 11.3 Å². The van der Waals surface area contributed by atoms with Crippen LogP contribution in [-0.4, -0.2) is 34.1 Å². The lowest BCUT2D eigenvalue weighted by Gasteiger charge is -2.25. The van der Waals surface area contributed by atoms with Gasteiger partial charge in [0.15, 0.2) is 5.69 Å². The van der Waals surface area contributed by atoms with Gasteiger partial charge in [-0.05, 0) is 12.8 Å². The van der Waals surface area contributed by atoms with Gasteiger partial charge in [0.25, 0.3) is 0 Å². The van der Waals surface area contributed by atoms with Crippen molar-refractivity contribution in [3.8, 4) is 0 Å². The van der Waals surface area contributed by atoms with E-state index in [1.807, 2.05) is 13.8 Å². The summed E-state index contributed by atoms with van der Waals surface area (Å²) in [5.41, 5.74) is 5.18. The molecule has 1 amide bonds. The number of hydrogen-bond donors (Lipinski definition) is 3. The highest BCUT2D eigenvalue weighted by Gasteiger charge is 2.29. The smallest absolute Gasteiger partial charge is 0.355 e. The molecule has 0 unspecified atom stereocenters. The number of aromatic carboxylic acids is 1. The van der Waals surface area contributed by atoms with Crippen LogP contribution in [-0.2, 0) is 11.2 Å². The molecule has 0 saturated heterocycles. The number of nitrogens with one attached hydrogen (secondary N) is 1. The first-order chi connectivity index (χ1) is 8.92. The fourth-order valence-electron chi connectivity index (χ4n) is 1.55. The Kier molecular flexibility index (Phi) is 5.44. The summed E-state index contributed by atoms with van der Waals surface area (Å²) in [7, 11) is 0. The molecule has 106 valence electrons. The number of carbonyl (C=O) groups excluding carboxylic acids is 1. The number of rotatable bonds is 7. The van der Waals surface area contributed by atoms with Crippen LogP contribution >= 0.6 is 11.3 Å². The average molecular weight is 285 g/mol. The Morgan fingerprint density at radius 2 is 2.11 bits per heavy atom. The van der Waals surface area contributed by atoms with Crippen molar-refractivity contribution >= 4 is 23.2 Å². The van der Waals surface area contributed by atoms with Crippen molar-refractivity contribution in [1.82, 2.24) is 10.3 Å². The number of carbonyl (C=O) groups is 2. The highest BCUT2D eigenvalue weighted by atomic mass is 32.1. The van der Waals surface area contributed by atoms with Gasteiger partial charge in [-0.3, -0.25) is 4.79 Å². The van der Waals surface area contributed by atoms with E-state index in [2.05, 4.69) is 10.3 Å². The molecule has 0 bridgehead atoms. The van der Waals surface area contributed by atoms with Crippen molar-refractivity contribution in [3.05, 3.63) is 16.1 Å². The second-order valence-electron chi connectivity index (χ2n) is 4.30. The van der Waals surface area contributed by atoms with Crippen LogP contribution in [0.15, 0.2) is 5.38 Å². The molecule has 19 heavy (non-hydrogen) atoms. The van der Waals surface area contributed by atoms with Crippen LogP contribution in [0.25, 0.3) is 0 Å². The molecule has 0 atom stereocenters. The fraction of sp³-hybridized carbons (Fsp3) is 0.583. The molecule has 0 saturated carbocycles. The number of thiazole rings is 1. The SMILES string of the molecule is CCC(N)(CC)C(=O)NCCc1nc(C(=O)O)cs1. The summed E-state index contributed by atoms with van der Waals surface area (Å²) < 4.78 is 0. The maximum atomic E-state index is 11.9. The van der Waals surface area contributed by atoms with Gasteiger partial charge in [-0.25, -0.2) is 9.78 Å². The van der Waals surface area contributed by atoms with Gasteiger partial charge in [-0.2, -0.15) is 0 Å². The van der Waals surface area contributed by atoms with Crippen LogP contribution in [0.3, 0.4) is 0 Å². The van der Waals surface area contributed by atoms with Gasteiger partial charge < -0.3 is 16.2 Å². The first-order valence-electron chi connectivity index (χ1n) is 6.17. The molecular weight excluding hydrogens is 266 g/mol. The third-order valence-corrected chi connectivity index (χ3v) is 4.02. The molecule has 7 heteroatoms. The predicted octanol–water partition coefficient (Wildman–Crippen LogP) is 1.02. The van der Waals surface area contributed by atoms with Crippen molar-refractivity contribution < 1.29 is 14.7 Å². The van der Waals surface area contributed by atoms with Crippen molar-refractivity contribution in [1.29, 1.82) is 0 Å². The summed E-state index contributed by atoms with van der Waals surface area (Å²) in [6, 6.07) is 0. The van der Waals surface area contributed by atoms with Gasteiger partial charge in [0, 0.05) is 18.3 Å². The summed E-state index contributed by atoms with van der Waals surface area (Å²) >= 11 is 1.27. The number of nitrogens with two attached hydrogens (primary N) is 1. The monoisotopic (exact) mass is 285 g/mol. The minimum atomic E-state index is -1.04.